The van der Waals surface area contributed by atoms with Crippen LogP contribution in [0.1, 0.15) is 32.4 Å². The van der Waals surface area contributed by atoms with Gasteiger partial charge in [0.1, 0.15) is 5.58 Å². The van der Waals surface area contributed by atoms with E-state index < -0.39 is 0 Å². The summed E-state index contributed by atoms with van der Waals surface area (Å²) in [6.45, 7) is 6.41. The largest absolute Gasteiger partial charge is 0.464 e. The van der Waals surface area contributed by atoms with E-state index in [2.05, 4.69) is 26.8 Å². The molecule has 0 aliphatic rings. The Morgan fingerprint density at radius 3 is 2.53 bits per heavy atom. The fourth-order valence-corrected chi connectivity index (χ4v) is 1.71. The van der Waals surface area contributed by atoms with Crippen molar-refractivity contribution < 1.29 is 4.42 Å². The van der Waals surface area contributed by atoms with Crippen molar-refractivity contribution in [2.24, 2.45) is 11.1 Å². The highest BCUT2D eigenvalue weighted by Crippen LogP contribution is 2.35. The average Bonchev–Trinajstić information content (AvgIpc) is 2.58. The fourth-order valence-electron chi connectivity index (χ4n) is 1.71. The van der Waals surface area contributed by atoms with Crippen LogP contribution in [0.5, 0.6) is 0 Å². The lowest BCUT2D eigenvalue weighted by Gasteiger charge is -2.26. The zero-order valence-electron chi connectivity index (χ0n) is 9.45. The summed E-state index contributed by atoms with van der Waals surface area (Å²) in [5.74, 6) is 0. The van der Waals surface area contributed by atoms with E-state index in [4.69, 9.17) is 10.2 Å². The summed E-state index contributed by atoms with van der Waals surface area (Å²) in [6, 6.07) is 8.00. The van der Waals surface area contributed by atoms with Crippen LogP contribution in [-0.4, -0.2) is 0 Å². The minimum Gasteiger partial charge on any atom is -0.464 e. The van der Waals surface area contributed by atoms with Crippen molar-refractivity contribution in [3.63, 3.8) is 0 Å². The summed E-state index contributed by atoms with van der Waals surface area (Å²) in [7, 11) is 0. The highest BCUT2D eigenvalue weighted by Gasteiger charge is 2.25. The van der Waals surface area contributed by atoms with E-state index in [1.165, 1.54) is 0 Å². The number of fused-ring (bicyclic) bond motifs is 1. The van der Waals surface area contributed by atoms with Crippen molar-refractivity contribution >= 4 is 11.0 Å². The maximum absolute atomic E-state index is 6.22. The van der Waals surface area contributed by atoms with Gasteiger partial charge in [-0.2, -0.15) is 0 Å². The number of benzene rings is 1. The van der Waals surface area contributed by atoms with Gasteiger partial charge >= 0.3 is 0 Å². The van der Waals surface area contributed by atoms with Gasteiger partial charge in [0.15, 0.2) is 0 Å². The molecule has 2 nitrogen and oxygen atoms in total. The summed E-state index contributed by atoms with van der Waals surface area (Å²) in [6.07, 6.45) is 1.78. The van der Waals surface area contributed by atoms with Gasteiger partial charge in [0.25, 0.3) is 0 Å². The van der Waals surface area contributed by atoms with Gasteiger partial charge in [-0.3, -0.25) is 0 Å². The molecular formula is C13H17NO. The first-order chi connectivity index (χ1) is 7.00. The molecule has 80 valence electrons. The van der Waals surface area contributed by atoms with Gasteiger partial charge in [0.05, 0.1) is 6.26 Å². The number of hydrogen-bond donors (Lipinski definition) is 1. The van der Waals surface area contributed by atoms with Gasteiger partial charge in [0.2, 0.25) is 0 Å². The molecule has 15 heavy (non-hydrogen) atoms. The Labute approximate surface area is 90.1 Å². The molecule has 0 bridgehead atoms. The molecule has 0 spiro atoms. The van der Waals surface area contributed by atoms with E-state index in [0.29, 0.717) is 0 Å². The lowest BCUT2D eigenvalue weighted by Crippen LogP contribution is -2.25. The first-order valence-electron chi connectivity index (χ1n) is 5.22. The van der Waals surface area contributed by atoms with E-state index >= 15 is 0 Å². The first kappa shape index (κ1) is 10.2. The van der Waals surface area contributed by atoms with Crippen LogP contribution in [0.2, 0.25) is 0 Å². The van der Waals surface area contributed by atoms with E-state index in [-0.39, 0.29) is 11.5 Å². The Bertz CT molecular complexity index is 465. The van der Waals surface area contributed by atoms with Gasteiger partial charge in [-0.1, -0.05) is 39.0 Å². The van der Waals surface area contributed by atoms with Gasteiger partial charge < -0.3 is 10.2 Å². The van der Waals surface area contributed by atoms with E-state index in [1.54, 1.807) is 6.26 Å². The number of hydrogen-bond acceptors (Lipinski definition) is 2. The van der Waals surface area contributed by atoms with E-state index in [9.17, 15) is 0 Å². The molecule has 1 aromatic carbocycles. The van der Waals surface area contributed by atoms with Crippen LogP contribution in [-0.2, 0) is 0 Å². The molecule has 0 amide bonds. The standard InChI is InChI=1S/C13H17NO/c1-13(2,3)12(14)10-8-15-11-7-5-4-6-9(10)11/h4-8,12H,14H2,1-3H3. The van der Waals surface area contributed by atoms with Crippen molar-refractivity contribution in [1.29, 1.82) is 0 Å². The molecule has 0 saturated carbocycles. The Balaban J connectivity index is 2.53. The molecule has 2 heteroatoms. The quantitative estimate of drug-likeness (QED) is 0.770. The molecule has 0 fully saturated rings. The van der Waals surface area contributed by atoms with Crippen LogP contribution in [0.4, 0.5) is 0 Å². The monoisotopic (exact) mass is 203 g/mol. The highest BCUT2D eigenvalue weighted by atomic mass is 16.3. The minimum atomic E-state index is 0.00106. The summed E-state index contributed by atoms with van der Waals surface area (Å²) in [5.41, 5.74) is 8.28. The smallest absolute Gasteiger partial charge is 0.134 e. The predicted molar refractivity (Wildman–Crippen MR) is 62.6 cm³/mol. The summed E-state index contributed by atoms with van der Waals surface area (Å²) < 4.78 is 5.49. The molecule has 1 unspecified atom stereocenters. The van der Waals surface area contributed by atoms with Crippen LogP contribution in [0.15, 0.2) is 34.9 Å². The van der Waals surface area contributed by atoms with Gasteiger partial charge in [-0.25, -0.2) is 0 Å². The van der Waals surface area contributed by atoms with Crippen LogP contribution in [0.3, 0.4) is 0 Å². The van der Waals surface area contributed by atoms with Gasteiger partial charge in [-0.15, -0.1) is 0 Å². The van der Waals surface area contributed by atoms with Gasteiger partial charge in [0, 0.05) is 17.0 Å². The molecule has 1 heterocycles. The predicted octanol–water partition coefficient (Wildman–Crippen LogP) is 3.48. The molecule has 0 aliphatic carbocycles. The summed E-state index contributed by atoms with van der Waals surface area (Å²) in [5, 5.41) is 1.12. The van der Waals surface area contributed by atoms with E-state index in [1.807, 2.05) is 18.2 Å². The zero-order valence-corrected chi connectivity index (χ0v) is 9.45. The third-order valence-electron chi connectivity index (χ3n) is 2.78. The molecular weight excluding hydrogens is 186 g/mol. The molecule has 1 atom stereocenters. The maximum atomic E-state index is 6.22. The lowest BCUT2D eigenvalue weighted by molar-refractivity contribution is 0.326. The zero-order chi connectivity index (χ0) is 11.1. The first-order valence-corrected chi connectivity index (χ1v) is 5.22. The number of nitrogens with two attached hydrogens (primary N) is 1. The van der Waals surface area contributed by atoms with Crippen molar-refractivity contribution in [3.8, 4) is 0 Å². The molecule has 0 saturated heterocycles. The minimum absolute atomic E-state index is 0.00106. The van der Waals surface area contributed by atoms with Crippen LogP contribution < -0.4 is 5.73 Å². The lowest BCUT2D eigenvalue weighted by atomic mass is 9.83. The van der Waals surface area contributed by atoms with Crippen molar-refractivity contribution in [2.75, 3.05) is 0 Å². The number of rotatable bonds is 1. The molecule has 2 aromatic rings. The third kappa shape index (κ3) is 1.77. The Kier molecular flexibility index (Phi) is 2.31. The van der Waals surface area contributed by atoms with Crippen molar-refractivity contribution in [2.45, 2.75) is 26.8 Å². The topological polar surface area (TPSA) is 39.2 Å². The third-order valence-corrected chi connectivity index (χ3v) is 2.78. The Hall–Kier alpha value is -1.28. The van der Waals surface area contributed by atoms with Gasteiger partial charge in [-0.05, 0) is 11.5 Å². The molecule has 2 N–H and O–H groups in total. The summed E-state index contributed by atoms with van der Waals surface area (Å²) >= 11 is 0. The number of furan rings is 1. The molecule has 2 rings (SSSR count). The van der Waals surface area contributed by atoms with Crippen molar-refractivity contribution in [3.05, 3.63) is 36.1 Å². The van der Waals surface area contributed by atoms with Crippen LogP contribution in [0, 0.1) is 5.41 Å². The highest BCUT2D eigenvalue weighted by molar-refractivity contribution is 5.81. The number of para-hydroxylation sites is 1. The summed E-state index contributed by atoms with van der Waals surface area (Å²) in [4.78, 5) is 0. The fraction of sp³-hybridized carbons (Fsp3) is 0.385. The van der Waals surface area contributed by atoms with Crippen LogP contribution in [0.25, 0.3) is 11.0 Å². The SMILES string of the molecule is CC(C)(C)C(N)c1coc2ccccc12. The Morgan fingerprint density at radius 1 is 1.20 bits per heavy atom. The van der Waals surface area contributed by atoms with E-state index in [0.717, 1.165) is 16.5 Å². The average molecular weight is 203 g/mol. The van der Waals surface area contributed by atoms with Crippen LogP contribution >= 0.6 is 0 Å². The Morgan fingerprint density at radius 2 is 1.87 bits per heavy atom. The molecule has 1 aromatic heterocycles. The second kappa shape index (κ2) is 3.38. The molecule has 0 aliphatic heterocycles. The molecule has 0 radical (unpaired) electrons. The second-order valence-corrected chi connectivity index (χ2v) is 5.03. The normalized spacial score (nSPS) is 14.4. The second-order valence-electron chi connectivity index (χ2n) is 5.03. The van der Waals surface area contributed by atoms with Crippen molar-refractivity contribution in [1.82, 2.24) is 0 Å². The maximum Gasteiger partial charge on any atom is 0.134 e.